The van der Waals surface area contributed by atoms with Crippen LogP contribution in [0.2, 0.25) is 0 Å². The number of rotatable bonds is 6. The zero-order chi connectivity index (χ0) is 12.8. The van der Waals surface area contributed by atoms with Gasteiger partial charge in [-0.1, -0.05) is 13.8 Å². The Morgan fingerprint density at radius 3 is 2.82 bits per heavy atom. The van der Waals surface area contributed by atoms with Crippen molar-refractivity contribution in [2.45, 2.75) is 32.7 Å². The van der Waals surface area contributed by atoms with Crippen LogP contribution in [0.25, 0.3) is 0 Å². The van der Waals surface area contributed by atoms with Crippen LogP contribution in [0.1, 0.15) is 26.1 Å². The molecule has 0 spiro atoms. The van der Waals surface area contributed by atoms with Crippen molar-refractivity contribution in [1.29, 1.82) is 0 Å². The first-order valence-electron chi connectivity index (χ1n) is 5.87. The third-order valence-electron chi connectivity index (χ3n) is 2.36. The first kappa shape index (κ1) is 13.6. The number of amides is 1. The summed E-state index contributed by atoms with van der Waals surface area (Å²) in [5.41, 5.74) is 5.75. The molecule has 0 saturated carbocycles. The Morgan fingerprint density at radius 1 is 1.59 bits per heavy atom. The topological polar surface area (TPSA) is 85.8 Å². The van der Waals surface area contributed by atoms with E-state index in [0.29, 0.717) is 25.3 Å². The number of hydrogen-bond acceptors (Lipinski definition) is 4. The molecule has 3 N–H and O–H groups in total. The van der Waals surface area contributed by atoms with Gasteiger partial charge >= 0.3 is 0 Å². The molecule has 1 rings (SSSR count). The highest BCUT2D eigenvalue weighted by molar-refractivity contribution is 5.81. The van der Waals surface area contributed by atoms with Crippen LogP contribution < -0.4 is 11.1 Å². The van der Waals surface area contributed by atoms with Crippen LogP contribution in [0.3, 0.4) is 0 Å². The predicted molar refractivity (Wildman–Crippen MR) is 65.1 cm³/mol. The smallest absolute Gasteiger partial charge is 0.236 e. The Morgan fingerprint density at radius 2 is 2.29 bits per heavy atom. The van der Waals surface area contributed by atoms with Gasteiger partial charge in [0.25, 0.3) is 0 Å². The summed E-state index contributed by atoms with van der Waals surface area (Å²) in [6, 6.07) is -0.424. The molecule has 0 aromatic carbocycles. The number of carbonyl (C=O) groups excluding carboxylic acids is 1. The van der Waals surface area contributed by atoms with Crippen molar-refractivity contribution in [1.82, 2.24) is 20.1 Å². The number of nitrogens with zero attached hydrogens (tertiary/aromatic N) is 3. The van der Waals surface area contributed by atoms with Crippen molar-refractivity contribution in [3.8, 4) is 0 Å². The largest absolute Gasteiger partial charge is 0.354 e. The summed E-state index contributed by atoms with van der Waals surface area (Å²) in [5.74, 6) is 1.05. The van der Waals surface area contributed by atoms with Crippen LogP contribution in [0, 0.1) is 5.92 Å². The average molecular weight is 239 g/mol. The lowest BCUT2D eigenvalue weighted by molar-refractivity contribution is -0.122. The summed E-state index contributed by atoms with van der Waals surface area (Å²) in [7, 11) is 1.81. The molecule has 0 fully saturated rings. The summed E-state index contributed by atoms with van der Waals surface area (Å²) >= 11 is 0. The van der Waals surface area contributed by atoms with Gasteiger partial charge in [-0.3, -0.25) is 9.48 Å². The Bertz CT molecular complexity index is 360. The molecule has 1 aromatic heterocycles. The van der Waals surface area contributed by atoms with Gasteiger partial charge < -0.3 is 11.1 Å². The second-order valence-corrected chi connectivity index (χ2v) is 4.61. The molecule has 6 heteroatoms. The van der Waals surface area contributed by atoms with E-state index in [1.165, 1.54) is 0 Å². The molecular weight excluding hydrogens is 218 g/mol. The first-order valence-corrected chi connectivity index (χ1v) is 5.87. The molecule has 6 nitrogen and oxygen atoms in total. The molecule has 17 heavy (non-hydrogen) atoms. The highest BCUT2D eigenvalue weighted by Crippen LogP contribution is 2.02. The maximum absolute atomic E-state index is 11.6. The van der Waals surface area contributed by atoms with E-state index in [2.05, 4.69) is 15.4 Å². The second-order valence-electron chi connectivity index (χ2n) is 4.61. The number of carbonyl (C=O) groups is 1. The summed E-state index contributed by atoms with van der Waals surface area (Å²) in [5, 5.41) is 6.92. The van der Waals surface area contributed by atoms with E-state index in [9.17, 15) is 4.79 Å². The third kappa shape index (κ3) is 4.95. The molecule has 1 heterocycles. The Labute approximate surface area is 102 Å². The van der Waals surface area contributed by atoms with Crippen molar-refractivity contribution in [3.63, 3.8) is 0 Å². The van der Waals surface area contributed by atoms with E-state index < -0.39 is 6.04 Å². The van der Waals surface area contributed by atoms with Gasteiger partial charge in [-0.05, 0) is 12.3 Å². The normalized spacial score (nSPS) is 12.8. The van der Waals surface area contributed by atoms with Crippen LogP contribution in [-0.2, 0) is 18.3 Å². The lowest BCUT2D eigenvalue weighted by Gasteiger charge is -2.13. The SMILES string of the molecule is CC(C)CC(N)C(=O)NCCc1ncn(C)n1. The lowest BCUT2D eigenvalue weighted by Crippen LogP contribution is -2.42. The number of hydrogen-bond donors (Lipinski definition) is 2. The van der Waals surface area contributed by atoms with E-state index in [4.69, 9.17) is 5.73 Å². The molecule has 1 aromatic rings. The molecule has 0 aliphatic heterocycles. The molecule has 0 saturated heterocycles. The molecule has 1 amide bonds. The Hall–Kier alpha value is -1.43. The average Bonchev–Trinajstić information content (AvgIpc) is 2.63. The summed E-state index contributed by atoms with van der Waals surface area (Å²) in [6.45, 7) is 4.62. The van der Waals surface area contributed by atoms with Crippen molar-refractivity contribution in [3.05, 3.63) is 12.2 Å². The van der Waals surface area contributed by atoms with E-state index in [1.807, 2.05) is 20.9 Å². The molecule has 96 valence electrons. The highest BCUT2D eigenvalue weighted by atomic mass is 16.2. The molecule has 1 unspecified atom stereocenters. The van der Waals surface area contributed by atoms with Gasteiger partial charge in [-0.2, -0.15) is 5.10 Å². The Balaban J connectivity index is 2.24. The quantitative estimate of drug-likeness (QED) is 0.722. The predicted octanol–water partition coefficient (Wildman–Crippen LogP) is -0.153. The van der Waals surface area contributed by atoms with Gasteiger partial charge in [0, 0.05) is 20.0 Å². The molecule has 1 atom stereocenters. The summed E-state index contributed by atoms with van der Waals surface area (Å²) in [6.07, 6.45) is 2.97. The number of aromatic nitrogens is 3. The van der Waals surface area contributed by atoms with Crippen LogP contribution >= 0.6 is 0 Å². The fourth-order valence-electron chi connectivity index (χ4n) is 1.54. The lowest BCUT2D eigenvalue weighted by atomic mass is 10.0. The maximum Gasteiger partial charge on any atom is 0.236 e. The summed E-state index contributed by atoms with van der Waals surface area (Å²) < 4.78 is 1.64. The highest BCUT2D eigenvalue weighted by Gasteiger charge is 2.14. The molecular formula is C11H21N5O. The van der Waals surface area contributed by atoms with Gasteiger partial charge in [0.15, 0.2) is 5.82 Å². The summed E-state index contributed by atoms with van der Waals surface area (Å²) in [4.78, 5) is 15.7. The minimum absolute atomic E-state index is 0.102. The van der Waals surface area contributed by atoms with E-state index in [1.54, 1.807) is 11.0 Å². The van der Waals surface area contributed by atoms with Gasteiger partial charge in [0.1, 0.15) is 6.33 Å². The van der Waals surface area contributed by atoms with Crippen LogP contribution in [0.4, 0.5) is 0 Å². The van der Waals surface area contributed by atoms with E-state index >= 15 is 0 Å². The maximum atomic E-state index is 11.6. The van der Waals surface area contributed by atoms with E-state index in [0.717, 1.165) is 5.82 Å². The minimum Gasteiger partial charge on any atom is -0.354 e. The number of aryl methyl sites for hydroxylation is 1. The zero-order valence-corrected chi connectivity index (χ0v) is 10.7. The Kier molecular flexibility index (Phi) is 5.09. The molecule has 0 aliphatic rings. The standard InChI is InChI=1S/C11H21N5O/c1-8(2)6-9(12)11(17)13-5-4-10-14-7-16(3)15-10/h7-9H,4-6,12H2,1-3H3,(H,13,17). The van der Waals surface area contributed by atoms with Gasteiger partial charge in [-0.15, -0.1) is 0 Å². The van der Waals surface area contributed by atoms with E-state index in [-0.39, 0.29) is 5.91 Å². The number of nitrogens with one attached hydrogen (secondary N) is 1. The van der Waals surface area contributed by atoms with Gasteiger partial charge in [0.05, 0.1) is 6.04 Å². The van der Waals surface area contributed by atoms with Crippen molar-refractivity contribution in [2.24, 2.45) is 18.7 Å². The minimum atomic E-state index is -0.424. The van der Waals surface area contributed by atoms with Crippen molar-refractivity contribution >= 4 is 5.91 Å². The monoisotopic (exact) mass is 239 g/mol. The first-order chi connectivity index (χ1) is 7.99. The zero-order valence-electron chi connectivity index (χ0n) is 10.7. The van der Waals surface area contributed by atoms with Gasteiger partial charge in [-0.25, -0.2) is 4.98 Å². The fourth-order valence-corrected chi connectivity index (χ4v) is 1.54. The number of nitrogens with two attached hydrogens (primary N) is 1. The van der Waals surface area contributed by atoms with Crippen LogP contribution in [-0.4, -0.2) is 33.3 Å². The van der Waals surface area contributed by atoms with Crippen LogP contribution in [0.5, 0.6) is 0 Å². The van der Waals surface area contributed by atoms with Crippen LogP contribution in [0.15, 0.2) is 6.33 Å². The van der Waals surface area contributed by atoms with Crippen molar-refractivity contribution < 1.29 is 4.79 Å². The molecule has 0 aliphatic carbocycles. The molecule has 0 radical (unpaired) electrons. The second kappa shape index (κ2) is 6.34. The molecule has 0 bridgehead atoms. The third-order valence-corrected chi connectivity index (χ3v) is 2.36. The van der Waals surface area contributed by atoms with Crippen molar-refractivity contribution in [2.75, 3.05) is 6.54 Å². The fraction of sp³-hybridized carbons (Fsp3) is 0.727. The van der Waals surface area contributed by atoms with Gasteiger partial charge in [0.2, 0.25) is 5.91 Å².